The van der Waals surface area contributed by atoms with Crippen molar-refractivity contribution in [3.05, 3.63) is 59.4 Å². The van der Waals surface area contributed by atoms with Gasteiger partial charge in [0.1, 0.15) is 0 Å². The maximum Gasteiger partial charge on any atom is 0.255 e. The van der Waals surface area contributed by atoms with E-state index < -0.39 is 0 Å². The smallest absolute Gasteiger partial charge is 0.255 e. The highest BCUT2D eigenvalue weighted by Gasteiger charge is 2.27. The molecule has 1 amide bonds. The quantitative estimate of drug-likeness (QED) is 0.604. The van der Waals surface area contributed by atoms with Crippen molar-refractivity contribution in [2.75, 3.05) is 26.2 Å². The summed E-state index contributed by atoms with van der Waals surface area (Å²) in [6.07, 6.45) is 5.23. The zero-order valence-corrected chi connectivity index (χ0v) is 19.9. The van der Waals surface area contributed by atoms with Crippen LogP contribution in [0.15, 0.2) is 42.7 Å². The molecular weight excluding hydrogens is 428 g/mol. The number of aromatic hydroxyl groups is 1. The van der Waals surface area contributed by atoms with Crippen LogP contribution in [0.1, 0.15) is 48.2 Å². The van der Waals surface area contributed by atoms with E-state index in [1.807, 2.05) is 11.8 Å². The summed E-state index contributed by atoms with van der Waals surface area (Å²) in [4.78, 5) is 21.8. The number of pyridine rings is 1. The van der Waals surface area contributed by atoms with Crippen molar-refractivity contribution in [3.63, 3.8) is 0 Å². The Labute approximate surface area is 200 Å². The number of likely N-dealkylation sites (tertiary alicyclic amines) is 1. The highest BCUT2D eigenvalue weighted by molar-refractivity contribution is 5.94. The molecule has 1 aliphatic rings. The first-order valence-electron chi connectivity index (χ1n) is 11.7. The highest BCUT2D eigenvalue weighted by atomic mass is 16.3. The fourth-order valence-electron chi connectivity index (χ4n) is 4.73. The Kier molecular flexibility index (Phi) is 6.94. The predicted octanol–water partition coefficient (Wildman–Crippen LogP) is 3.77. The highest BCUT2D eigenvalue weighted by Crippen LogP contribution is 2.33. The first-order valence-corrected chi connectivity index (χ1v) is 11.7. The first kappa shape index (κ1) is 23.5. The summed E-state index contributed by atoms with van der Waals surface area (Å²) in [6, 6.07) is 11.2. The lowest BCUT2D eigenvalue weighted by Gasteiger charge is -2.38. The minimum Gasteiger partial charge on any atom is -0.493 e. The number of benzene rings is 1. The third-order valence-electron chi connectivity index (χ3n) is 6.61. The molecule has 1 atom stereocenters. The second-order valence-corrected chi connectivity index (χ2v) is 8.61. The van der Waals surface area contributed by atoms with Crippen LogP contribution in [0, 0.1) is 18.3 Å². The molecule has 1 fully saturated rings. The molecule has 3 heterocycles. The van der Waals surface area contributed by atoms with Crippen LogP contribution in [0.2, 0.25) is 0 Å². The number of aromatic nitrogens is 3. The lowest BCUT2D eigenvalue weighted by molar-refractivity contribution is 0.0589. The summed E-state index contributed by atoms with van der Waals surface area (Å²) in [5, 5.41) is 24.2. The van der Waals surface area contributed by atoms with Gasteiger partial charge >= 0.3 is 0 Å². The molecule has 4 rings (SSSR count). The molecule has 1 saturated heterocycles. The van der Waals surface area contributed by atoms with Crippen molar-refractivity contribution >= 4 is 5.91 Å². The second kappa shape index (κ2) is 10.1. The Morgan fingerprint density at radius 1 is 1.21 bits per heavy atom. The van der Waals surface area contributed by atoms with Gasteiger partial charge in [0.15, 0.2) is 5.82 Å². The van der Waals surface area contributed by atoms with Crippen molar-refractivity contribution in [3.8, 4) is 28.9 Å². The molecule has 0 radical (unpaired) electrons. The molecule has 34 heavy (non-hydrogen) atoms. The van der Waals surface area contributed by atoms with Crippen molar-refractivity contribution < 1.29 is 9.90 Å². The van der Waals surface area contributed by atoms with Gasteiger partial charge in [0.05, 0.1) is 29.0 Å². The fraction of sp³-hybridized carbons (Fsp3) is 0.385. The van der Waals surface area contributed by atoms with Gasteiger partial charge in [-0.3, -0.25) is 9.69 Å². The van der Waals surface area contributed by atoms with Gasteiger partial charge in [-0.25, -0.2) is 4.98 Å². The second-order valence-electron chi connectivity index (χ2n) is 8.61. The van der Waals surface area contributed by atoms with E-state index in [2.05, 4.69) is 34.9 Å². The van der Waals surface area contributed by atoms with Crippen LogP contribution < -0.4 is 0 Å². The van der Waals surface area contributed by atoms with E-state index in [0.29, 0.717) is 28.6 Å². The Morgan fingerprint density at radius 3 is 2.65 bits per heavy atom. The molecule has 1 aliphatic heterocycles. The van der Waals surface area contributed by atoms with Gasteiger partial charge in [0.2, 0.25) is 5.88 Å². The number of amides is 1. The lowest BCUT2D eigenvalue weighted by Crippen LogP contribution is -2.49. The zero-order chi connectivity index (χ0) is 24.2. The predicted molar refractivity (Wildman–Crippen MR) is 130 cm³/mol. The molecule has 1 aromatic carbocycles. The van der Waals surface area contributed by atoms with Gasteiger partial charge in [-0.2, -0.15) is 15.0 Å². The van der Waals surface area contributed by atoms with Crippen LogP contribution >= 0.6 is 0 Å². The summed E-state index contributed by atoms with van der Waals surface area (Å²) >= 11 is 0. The Morgan fingerprint density at radius 2 is 2.00 bits per heavy atom. The number of carbonyl (C=O) groups is 1. The molecule has 0 spiro atoms. The van der Waals surface area contributed by atoms with E-state index in [1.165, 1.54) is 4.68 Å². The largest absolute Gasteiger partial charge is 0.493 e. The molecule has 176 valence electrons. The van der Waals surface area contributed by atoms with Crippen LogP contribution in [-0.2, 0) is 0 Å². The van der Waals surface area contributed by atoms with Crippen LogP contribution in [0.3, 0.4) is 0 Å². The molecule has 2 aromatic heterocycles. The van der Waals surface area contributed by atoms with Gasteiger partial charge in [-0.05, 0) is 68.2 Å². The van der Waals surface area contributed by atoms with Gasteiger partial charge in [0.25, 0.3) is 5.91 Å². The van der Waals surface area contributed by atoms with E-state index >= 15 is 0 Å². The summed E-state index contributed by atoms with van der Waals surface area (Å²) in [5.41, 5.74) is 3.31. The van der Waals surface area contributed by atoms with Gasteiger partial charge < -0.3 is 10.0 Å². The summed E-state index contributed by atoms with van der Waals surface area (Å²) in [7, 11) is 0. The molecule has 0 bridgehead atoms. The maximum atomic E-state index is 13.1. The molecule has 1 unspecified atom stereocenters. The topological polar surface area (TPSA) is 98.3 Å². The number of nitrogens with zero attached hydrogens (tertiary/aromatic N) is 6. The SMILES string of the molecule is CCN(CC)C1CCCN(C(=O)c2ccc(-n3ncc(-c4ccc(C#N)cc4C)c3O)nc2)C1. The van der Waals surface area contributed by atoms with Gasteiger partial charge in [0, 0.05) is 25.3 Å². The molecule has 3 aromatic rings. The number of carbonyl (C=O) groups excluding carboxylic acids is 1. The van der Waals surface area contributed by atoms with E-state index in [9.17, 15) is 9.90 Å². The van der Waals surface area contributed by atoms with Gasteiger partial charge in [-0.15, -0.1) is 0 Å². The molecule has 8 heteroatoms. The summed E-state index contributed by atoms with van der Waals surface area (Å²) in [6.45, 7) is 9.66. The first-order chi connectivity index (χ1) is 16.5. The minimum atomic E-state index is -0.0440. The average Bonchev–Trinajstić information content (AvgIpc) is 3.25. The number of hydrogen-bond acceptors (Lipinski definition) is 6. The Bertz CT molecular complexity index is 1210. The standard InChI is InChI=1S/C26H30N6O2/c1-4-30(5-2)21-7-6-12-31(17-21)25(33)20-9-11-24(28-15-20)32-26(34)23(16-29-32)22-10-8-19(14-27)13-18(22)3/h8-11,13,15-16,21,34H,4-7,12,17H2,1-3H3. The van der Waals surface area contributed by atoms with Crippen LogP contribution in [0.25, 0.3) is 16.9 Å². The minimum absolute atomic E-state index is 0.0190. The third kappa shape index (κ3) is 4.52. The number of likely N-dealkylation sites (N-methyl/N-ethyl adjacent to an activating group) is 1. The Hall–Kier alpha value is -3.70. The monoisotopic (exact) mass is 458 g/mol. The van der Waals surface area contributed by atoms with E-state index in [-0.39, 0.29) is 11.8 Å². The van der Waals surface area contributed by atoms with E-state index in [0.717, 1.165) is 50.1 Å². The number of hydrogen-bond donors (Lipinski definition) is 1. The van der Waals surface area contributed by atoms with Crippen LogP contribution in [0.5, 0.6) is 5.88 Å². The molecule has 0 aliphatic carbocycles. The maximum absolute atomic E-state index is 13.1. The number of rotatable bonds is 6. The zero-order valence-electron chi connectivity index (χ0n) is 19.9. The number of aryl methyl sites for hydroxylation is 1. The fourth-order valence-corrected chi connectivity index (χ4v) is 4.73. The Balaban J connectivity index is 1.52. The van der Waals surface area contributed by atoms with Crippen molar-refractivity contribution in [1.29, 1.82) is 5.26 Å². The lowest BCUT2D eigenvalue weighted by atomic mass is 10.0. The van der Waals surface area contributed by atoms with E-state index in [1.54, 1.807) is 42.7 Å². The molecule has 0 saturated carbocycles. The van der Waals surface area contributed by atoms with Gasteiger partial charge in [-0.1, -0.05) is 19.9 Å². The normalized spacial score (nSPS) is 16.0. The molecule has 1 N–H and O–H groups in total. The molecular formula is C26H30N6O2. The molecule has 8 nitrogen and oxygen atoms in total. The third-order valence-corrected chi connectivity index (χ3v) is 6.61. The average molecular weight is 459 g/mol. The van der Waals surface area contributed by atoms with Crippen molar-refractivity contribution in [2.24, 2.45) is 0 Å². The van der Waals surface area contributed by atoms with Crippen molar-refractivity contribution in [2.45, 2.75) is 39.7 Å². The summed E-state index contributed by atoms with van der Waals surface area (Å²) in [5.74, 6) is 0.359. The van der Waals surface area contributed by atoms with Crippen LogP contribution in [0.4, 0.5) is 0 Å². The summed E-state index contributed by atoms with van der Waals surface area (Å²) < 4.78 is 1.35. The number of nitriles is 1. The van der Waals surface area contributed by atoms with Crippen molar-refractivity contribution in [1.82, 2.24) is 24.6 Å². The van der Waals surface area contributed by atoms with Crippen LogP contribution in [-0.4, -0.2) is 67.8 Å². The number of piperidine rings is 1. The van der Waals surface area contributed by atoms with E-state index in [4.69, 9.17) is 5.26 Å².